The van der Waals surface area contributed by atoms with Crippen LogP contribution in [0.1, 0.15) is 59.1 Å². The van der Waals surface area contributed by atoms with E-state index in [4.69, 9.17) is 13.7 Å². The number of benzene rings is 1. The predicted molar refractivity (Wildman–Crippen MR) is 145 cm³/mol. The molecule has 0 heterocycles. The number of hydrogen-bond acceptors (Lipinski definition) is 8. The maximum absolute atomic E-state index is 12.6. The molecule has 1 N–H and O–H groups in total. The number of esters is 1. The summed E-state index contributed by atoms with van der Waals surface area (Å²) in [6, 6.07) is 5.34. The average molecular weight is 594 g/mol. The van der Waals surface area contributed by atoms with Gasteiger partial charge in [-0.15, -0.1) is 0 Å². The zero-order valence-electron chi connectivity index (χ0n) is 22.6. The van der Waals surface area contributed by atoms with E-state index >= 15 is 0 Å². The highest BCUT2D eigenvalue weighted by Crippen LogP contribution is 2.22. The van der Waals surface area contributed by atoms with E-state index in [1.807, 2.05) is 30.0 Å². The van der Waals surface area contributed by atoms with Crippen LogP contribution in [0, 0.1) is 6.92 Å². The molecule has 0 unspecified atom stereocenters. The van der Waals surface area contributed by atoms with Gasteiger partial charge in [0.25, 0.3) is 10.1 Å². The molecule has 9 nitrogen and oxygen atoms in total. The zero-order valence-corrected chi connectivity index (χ0v) is 25.0. The van der Waals surface area contributed by atoms with Crippen LogP contribution in [0.25, 0.3) is 0 Å². The number of ether oxygens (including phenoxy) is 2. The van der Waals surface area contributed by atoms with Gasteiger partial charge in [0, 0.05) is 30.1 Å². The van der Waals surface area contributed by atoms with Gasteiger partial charge in [-0.05, 0) is 78.1 Å². The third-order valence-corrected chi connectivity index (χ3v) is 5.68. The van der Waals surface area contributed by atoms with Gasteiger partial charge in [-0.25, -0.2) is 4.79 Å². The van der Waals surface area contributed by atoms with Crippen LogP contribution in [0.2, 0.25) is 0 Å². The van der Waals surface area contributed by atoms with Crippen molar-refractivity contribution < 1.29 is 31.7 Å². The summed E-state index contributed by atoms with van der Waals surface area (Å²) in [5.41, 5.74) is 1.47. The topological polar surface area (TPSA) is 111 Å². The zero-order chi connectivity index (χ0) is 27.7. The highest BCUT2D eigenvalue weighted by atomic mass is 79.9. The average Bonchev–Trinajstić information content (AvgIpc) is 2.65. The fourth-order valence-electron chi connectivity index (χ4n) is 3.34. The van der Waals surface area contributed by atoms with E-state index in [1.165, 1.54) is 0 Å². The summed E-state index contributed by atoms with van der Waals surface area (Å²) in [6.07, 6.45) is 0.769. The molecule has 1 amide bonds. The predicted octanol–water partition coefficient (Wildman–Crippen LogP) is 4.34. The van der Waals surface area contributed by atoms with E-state index in [0.29, 0.717) is 24.8 Å². The summed E-state index contributed by atoms with van der Waals surface area (Å²) in [7, 11) is -3.53. The van der Waals surface area contributed by atoms with Crippen molar-refractivity contribution in [3.8, 4) is 0 Å². The van der Waals surface area contributed by atoms with Gasteiger partial charge in [0.05, 0.1) is 19.3 Å². The number of alkyl halides is 1. The van der Waals surface area contributed by atoms with Crippen LogP contribution in [0.3, 0.4) is 0 Å². The molecule has 0 bridgehead atoms. The summed E-state index contributed by atoms with van der Waals surface area (Å²) in [5.74, 6) is -0.420. The van der Waals surface area contributed by atoms with Crippen LogP contribution in [-0.2, 0) is 35.0 Å². The number of anilines is 1. The normalized spacial score (nSPS) is 13.1. The van der Waals surface area contributed by atoms with Gasteiger partial charge >= 0.3 is 12.1 Å². The van der Waals surface area contributed by atoms with E-state index in [2.05, 4.69) is 21.2 Å². The van der Waals surface area contributed by atoms with Crippen LogP contribution in [0.4, 0.5) is 10.5 Å². The minimum Gasteiger partial charge on any atom is -0.460 e. The number of halogens is 1. The molecule has 0 aliphatic carbocycles. The first kappa shape index (κ1) is 32.2. The van der Waals surface area contributed by atoms with E-state index in [-0.39, 0.29) is 13.0 Å². The van der Waals surface area contributed by atoms with E-state index in [1.54, 1.807) is 41.5 Å². The summed E-state index contributed by atoms with van der Waals surface area (Å²) in [5, 5.41) is 3.50. The maximum atomic E-state index is 12.6. The Morgan fingerprint density at radius 3 is 2.19 bits per heavy atom. The molecule has 0 radical (unpaired) electrons. The highest BCUT2D eigenvalue weighted by Gasteiger charge is 2.25. The SMILES string of the molecule is Cc1ccc(N(CCBr)CCOS(C)(=O)=O)cc1C[C@@H](CC(=O)OC(C)(C)C)NC(=O)OC(C)(C)C. The Hall–Kier alpha value is -1.85. The van der Waals surface area contributed by atoms with Crippen LogP contribution < -0.4 is 10.2 Å². The van der Waals surface area contributed by atoms with E-state index < -0.39 is 39.4 Å². The molecular formula is C25H41BrN2O7S. The van der Waals surface area contributed by atoms with Crippen molar-refractivity contribution in [3.05, 3.63) is 29.3 Å². The number of alkyl carbamates (subject to hydrolysis) is 1. The number of hydrogen-bond donors (Lipinski definition) is 1. The van der Waals surface area contributed by atoms with Gasteiger partial charge in [-0.2, -0.15) is 8.42 Å². The molecule has 0 aromatic heterocycles. The Bertz CT molecular complexity index is 955. The molecular weight excluding hydrogens is 552 g/mol. The van der Waals surface area contributed by atoms with Crippen molar-refractivity contribution in [2.45, 2.75) is 78.6 Å². The van der Waals surface area contributed by atoms with E-state index in [9.17, 15) is 18.0 Å². The Morgan fingerprint density at radius 1 is 1.06 bits per heavy atom. The van der Waals surface area contributed by atoms with Crippen LogP contribution in [-0.4, -0.2) is 69.0 Å². The molecule has 0 saturated carbocycles. The molecule has 0 fully saturated rings. The van der Waals surface area contributed by atoms with Crippen molar-refractivity contribution in [1.82, 2.24) is 5.32 Å². The third kappa shape index (κ3) is 14.0. The second-order valence-corrected chi connectivity index (χ2v) is 13.1. The lowest BCUT2D eigenvalue weighted by atomic mass is 9.98. The number of nitrogens with one attached hydrogen (secondary N) is 1. The van der Waals surface area contributed by atoms with Gasteiger partial charge in [-0.1, -0.05) is 22.0 Å². The summed E-state index contributed by atoms with van der Waals surface area (Å²) >= 11 is 3.44. The standard InChI is InChI=1S/C25H41BrN2O7S/c1-18-9-10-21(28(12-11-26)13-14-33-36(8,31)32)16-19(18)15-20(17-22(29)34-24(2,3)4)27-23(30)35-25(5,6)7/h9-10,16,20H,11-15,17H2,1-8H3,(H,27,30)/t20-/m0/s1. The summed E-state index contributed by atoms with van der Waals surface area (Å²) < 4.78 is 38.5. The minimum absolute atomic E-state index is 0.0203. The quantitative estimate of drug-likeness (QED) is 0.217. The van der Waals surface area contributed by atoms with Gasteiger partial charge in [0.1, 0.15) is 11.2 Å². The second-order valence-electron chi connectivity index (χ2n) is 10.7. The fraction of sp³-hybridized carbons (Fsp3) is 0.680. The molecule has 36 heavy (non-hydrogen) atoms. The molecule has 0 spiro atoms. The molecule has 0 saturated heterocycles. The number of aryl methyl sites for hydroxylation is 1. The molecule has 1 aromatic rings. The highest BCUT2D eigenvalue weighted by molar-refractivity contribution is 9.09. The lowest BCUT2D eigenvalue weighted by Gasteiger charge is -2.27. The minimum atomic E-state index is -3.53. The largest absolute Gasteiger partial charge is 0.460 e. The molecule has 0 aliphatic heterocycles. The van der Waals surface area contributed by atoms with Crippen molar-refractivity contribution in [1.29, 1.82) is 0 Å². The second kappa shape index (κ2) is 13.6. The number of amides is 1. The number of rotatable bonds is 12. The number of carbonyl (C=O) groups excluding carboxylic acids is 2. The maximum Gasteiger partial charge on any atom is 0.407 e. The summed E-state index contributed by atoms with van der Waals surface area (Å²) in [4.78, 5) is 27.1. The first-order valence-corrected chi connectivity index (χ1v) is 14.8. The van der Waals surface area contributed by atoms with Crippen molar-refractivity contribution in [3.63, 3.8) is 0 Å². The monoisotopic (exact) mass is 592 g/mol. The fourth-order valence-corrected chi connectivity index (χ4v) is 4.15. The smallest absolute Gasteiger partial charge is 0.407 e. The van der Waals surface area contributed by atoms with Crippen molar-refractivity contribution >= 4 is 43.8 Å². The third-order valence-electron chi connectivity index (χ3n) is 4.73. The first-order chi connectivity index (χ1) is 16.4. The first-order valence-electron chi connectivity index (χ1n) is 11.8. The molecule has 11 heteroatoms. The Kier molecular flexibility index (Phi) is 12.2. The number of nitrogens with zero attached hydrogens (tertiary/aromatic N) is 1. The Balaban J connectivity index is 3.15. The van der Waals surface area contributed by atoms with Crippen LogP contribution in [0.15, 0.2) is 18.2 Å². The van der Waals surface area contributed by atoms with Gasteiger partial charge in [-0.3, -0.25) is 8.98 Å². The van der Waals surface area contributed by atoms with Gasteiger partial charge < -0.3 is 19.7 Å². The molecule has 1 atom stereocenters. The van der Waals surface area contributed by atoms with Gasteiger partial charge in [0.15, 0.2) is 0 Å². The Morgan fingerprint density at radius 2 is 1.67 bits per heavy atom. The molecule has 1 rings (SSSR count). The molecule has 0 aliphatic rings. The van der Waals surface area contributed by atoms with Crippen LogP contribution >= 0.6 is 15.9 Å². The van der Waals surface area contributed by atoms with E-state index in [0.717, 1.165) is 23.1 Å². The summed E-state index contributed by atoms with van der Waals surface area (Å²) in [6.45, 7) is 13.7. The van der Waals surface area contributed by atoms with Gasteiger partial charge in [0.2, 0.25) is 0 Å². The number of carbonyl (C=O) groups is 2. The molecule has 1 aromatic carbocycles. The molecule has 206 valence electrons. The lowest BCUT2D eigenvalue weighted by molar-refractivity contribution is -0.155. The van der Waals surface area contributed by atoms with Crippen LogP contribution in [0.5, 0.6) is 0 Å². The lowest BCUT2D eigenvalue weighted by Crippen LogP contribution is -2.42. The van der Waals surface area contributed by atoms with Crippen molar-refractivity contribution in [2.75, 3.05) is 36.2 Å². The Labute approximate surface area is 224 Å². The van der Waals surface area contributed by atoms with Crippen molar-refractivity contribution in [2.24, 2.45) is 0 Å².